The Hall–Kier alpha value is -2.31. The van der Waals surface area contributed by atoms with Crippen LogP contribution in [0, 0.1) is 0 Å². The maximum atomic E-state index is 12.7. The lowest BCUT2D eigenvalue weighted by Crippen LogP contribution is -2.72. The van der Waals surface area contributed by atoms with Gasteiger partial charge in [0.15, 0.2) is 25.2 Å². The number of rotatable bonds is 13. The highest BCUT2D eigenvalue weighted by atomic mass is 16.8. The summed E-state index contributed by atoms with van der Waals surface area (Å²) in [6.07, 6.45) is -30.0. The van der Waals surface area contributed by atoms with Gasteiger partial charge in [-0.15, -0.1) is 0 Å². The molecule has 0 spiro atoms. The average Bonchev–Trinajstić information content (AvgIpc) is 3.12. The summed E-state index contributed by atoms with van der Waals surface area (Å²) in [7, 11) is 0. The number of aliphatic hydroxyl groups is 11. The summed E-state index contributed by atoms with van der Waals surface area (Å²) in [4.78, 5) is 37.1. The molecule has 0 aromatic heterocycles. The maximum absolute atomic E-state index is 12.7. The monoisotopic (exact) mass is 789 g/mol. The molecule has 24 nitrogen and oxygen atoms in total. The van der Waals surface area contributed by atoms with Gasteiger partial charge in [0.05, 0.1) is 26.4 Å². The second-order valence-corrected chi connectivity index (χ2v) is 13.3. The number of carbonyl (C=O) groups excluding carboxylic acids is 3. The largest absolute Gasteiger partial charge is 0.394 e. The summed E-state index contributed by atoms with van der Waals surface area (Å²) in [5.41, 5.74) is 0. The Morgan fingerprint density at radius 3 is 1.22 bits per heavy atom. The van der Waals surface area contributed by atoms with E-state index in [1.165, 1.54) is 0 Å². The number of hydrogen-bond acceptors (Lipinski definition) is 21. The molecule has 4 fully saturated rings. The molecule has 0 aliphatic carbocycles. The minimum atomic E-state index is -2.00. The van der Waals surface area contributed by atoms with Gasteiger partial charge in [-0.1, -0.05) is 0 Å². The lowest BCUT2D eigenvalue weighted by Gasteiger charge is -2.52. The zero-order valence-corrected chi connectivity index (χ0v) is 29.4. The molecule has 4 heterocycles. The average molecular weight is 790 g/mol. The zero-order valence-electron chi connectivity index (χ0n) is 29.4. The molecule has 3 amide bonds. The van der Waals surface area contributed by atoms with Crippen molar-refractivity contribution in [3.63, 3.8) is 0 Å². The van der Waals surface area contributed by atoms with Crippen molar-refractivity contribution in [1.82, 2.24) is 16.0 Å². The van der Waals surface area contributed by atoms with Crippen molar-refractivity contribution in [2.45, 2.75) is 143 Å². The highest BCUT2D eigenvalue weighted by molar-refractivity contribution is 5.74. The first kappa shape index (κ1) is 44.4. The van der Waals surface area contributed by atoms with Crippen LogP contribution in [0.25, 0.3) is 0 Å². The summed E-state index contributed by atoms with van der Waals surface area (Å²) in [6.45, 7) is -0.359. The van der Waals surface area contributed by atoms with E-state index in [9.17, 15) is 70.6 Å². The Morgan fingerprint density at radius 1 is 0.444 bits per heavy atom. The highest BCUT2D eigenvalue weighted by Crippen LogP contribution is 2.35. The van der Waals surface area contributed by atoms with Crippen molar-refractivity contribution >= 4 is 17.7 Å². The maximum Gasteiger partial charge on any atom is 0.217 e. The number of nitrogens with one attached hydrogen (secondary N) is 3. The quantitative estimate of drug-likeness (QED) is 0.0823. The van der Waals surface area contributed by atoms with Crippen LogP contribution in [0.15, 0.2) is 0 Å². The lowest BCUT2D eigenvalue weighted by molar-refractivity contribution is -0.375. The zero-order chi connectivity index (χ0) is 40.2. The van der Waals surface area contributed by atoms with Crippen LogP contribution in [-0.2, 0) is 47.5 Å². The third-order valence-corrected chi connectivity index (χ3v) is 9.41. The molecule has 0 aromatic carbocycles. The third kappa shape index (κ3) is 9.79. The van der Waals surface area contributed by atoms with Gasteiger partial charge >= 0.3 is 0 Å². The lowest BCUT2D eigenvalue weighted by atomic mass is 9.93. The second-order valence-electron chi connectivity index (χ2n) is 13.3. The Labute approximate surface area is 307 Å². The summed E-state index contributed by atoms with van der Waals surface area (Å²) < 4.78 is 40.8. The molecule has 1 unspecified atom stereocenters. The standard InChI is InChI=1S/C30H51N3O21/c1-8(38)31-15-21(44)18(41)11(4-34)49-28(15)52-24-14(7-37)51-30(54-26-20(43)13(6-36)48-27(47)23(26)46)17(33-10(3)40)25(24)53-29-16(32-9(2)39)22(45)19(42)12(5-35)50-29/h11-30,34-37,41-47H,4-7H2,1-3H3,(H,31,38)(H,32,39)(H,33,40)/t11-,12-,13-,14-,15-,16-,17-,18+,19-,20+,21-,22-,23-,24+,25-,26+,27?,28+,29-,30+/m1/s1. The first-order valence-corrected chi connectivity index (χ1v) is 17.1. The van der Waals surface area contributed by atoms with E-state index in [2.05, 4.69) is 16.0 Å². The number of aliphatic hydroxyl groups excluding tert-OH is 11. The van der Waals surface area contributed by atoms with Gasteiger partial charge in [-0.2, -0.15) is 0 Å². The first-order chi connectivity index (χ1) is 25.5. The summed E-state index contributed by atoms with van der Waals surface area (Å²) in [6, 6.07) is -4.85. The van der Waals surface area contributed by atoms with Crippen LogP contribution < -0.4 is 16.0 Å². The number of hydrogen-bond donors (Lipinski definition) is 14. The molecule has 0 bridgehead atoms. The Bertz CT molecular complexity index is 1250. The van der Waals surface area contributed by atoms with E-state index in [1.54, 1.807) is 0 Å². The summed E-state index contributed by atoms with van der Waals surface area (Å²) in [5.74, 6) is -2.27. The normalized spacial score (nSPS) is 45.7. The van der Waals surface area contributed by atoms with Crippen molar-refractivity contribution < 1.29 is 104 Å². The van der Waals surface area contributed by atoms with E-state index in [-0.39, 0.29) is 0 Å². The molecule has 14 N–H and O–H groups in total. The molecule has 4 aliphatic rings. The van der Waals surface area contributed by atoms with Gasteiger partial charge in [0.1, 0.15) is 97.5 Å². The van der Waals surface area contributed by atoms with Crippen LogP contribution in [0.2, 0.25) is 0 Å². The van der Waals surface area contributed by atoms with Crippen molar-refractivity contribution in [3.8, 4) is 0 Å². The number of ether oxygens (including phenoxy) is 7. The molecule has 4 saturated heterocycles. The van der Waals surface area contributed by atoms with Crippen LogP contribution in [0.5, 0.6) is 0 Å². The summed E-state index contributed by atoms with van der Waals surface area (Å²) >= 11 is 0. The highest BCUT2D eigenvalue weighted by Gasteiger charge is 2.57. The molecule has 4 rings (SSSR count). The van der Waals surface area contributed by atoms with Crippen molar-refractivity contribution in [2.24, 2.45) is 0 Å². The topological polar surface area (TPSA) is 374 Å². The fourth-order valence-electron chi connectivity index (χ4n) is 6.75. The van der Waals surface area contributed by atoms with Gasteiger partial charge in [-0.25, -0.2) is 0 Å². The van der Waals surface area contributed by atoms with Crippen LogP contribution in [0.3, 0.4) is 0 Å². The van der Waals surface area contributed by atoms with Crippen LogP contribution in [-0.4, -0.2) is 223 Å². The van der Waals surface area contributed by atoms with E-state index < -0.39 is 167 Å². The first-order valence-electron chi connectivity index (χ1n) is 17.1. The fourth-order valence-corrected chi connectivity index (χ4v) is 6.75. The Balaban J connectivity index is 1.83. The molecule has 4 aliphatic heterocycles. The molecule has 0 aromatic rings. The van der Waals surface area contributed by atoms with E-state index in [1.807, 2.05) is 0 Å². The molecule has 24 heteroatoms. The van der Waals surface area contributed by atoms with E-state index >= 15 is 0 Å². The molecule has 54 heavy (non-hydrogen) atoms. The fraction of sp³-hybridized carbons (Fsp3) is 0.900. The molecule has 0 saturated carbocycles. The SMILES string of the molecule is CC(=O)N[C@H]1[C@H](O[C@@H]2[C@H](O[C@H]3O[C@H](CO)[C@@H](O)[C@H](O)[C@H]3NC(C)=O)[C@@H](NC(C)=O)[C@H](O[C@H]3[C@@H](O)[C@@H](CO)OC(O)[C@@H]3O)O[C@@H]2CO)O[C@H](CO)[C@H](O)[C@@H]1O. The smallest absolute Gasteiger partial charge is 0.217 e. The van der Waals surface area contributed by atoms with E-state index in [0.29, 0.717) is 0 Å². The predicted molar refractivity (Wildman–Crippen MR) is 169 cm³/mol. The summed E-state index contributed by atoms with van der Waals surface area (Å²) in [5, 5.41) is 122. The Morgan fingerprint density at radius 2 is 0.796 bits per heavy atom. The van der Waals surface area contributed by atoms with Crippen molar-refractivity contribution in [2.75, 3.05) is 26.4 Å². The van der Waals surface area contributed by atoms with Gasteiger partial charge in [0.25, 0.3) is 0 Å². The molecule has 0 radical (unpaired) electrons. The molecule has 20 atom stereocenters. The van der Waals surface area contributed by atoms with Gasteiger partial charge in [0.2, 0.25) is 17.7 Å². The van der Waals surface area contributed by atoms with Gasteiger partial charge in [-0.3, -0.25) is 14.4 Å². The minimum absolute atomic E-state index is 0.727. The van der Waals surface area contributed by atoms with Crippen LogP contribution in [0.4, 0.5) is 0 Å². The molecular weight excluding hydrogens is 738 g/mol. The number of amides is 3. The van der Waals surface area contributed by atoms with Crippen LogP contribution in [0.1, 0.15) is 20.8 Å². The second kappa shape index (κ2) is 19.2. The van der Waals surface area contributed by atoms with Crippen LogP contribution >= 0.6 is 0 Å². The van der Waals surface area contributed by atoms with Gasteiger partial charge in [0, 0.05) is 20.8 Å². The van der Waals surface area contributed by atoms with E-state index in [0.717, 1.165) is 20.8 Å². The number of carbonyl (C=O) groups is 3. The molecule has 312 valence electrons. The van der Waals surface area contributed by atoms with Gasteiger partial charge in [-0.05, 0) is 0 Å². The van der Waals surface area contributed by atoms with Crippen molar-refractivity contribution in [1.29, 1.82) is 0 Å². The predicted octanol–water partition coefficient (Wildman–Crippen LogP) is -9.32. The minimum Gasteiger partial charge on any atom is -0.394 e. The molecular formula is C30H51N3O21. The Kier molecular flexibility index (Phi) is 15.8. The van der Waals surface area contributed by atoms with E-state index in [4.69, 9.17) is 33.2 Å². The third-order valence-electron chi connectivity index (χ3n) is 9.41. The van der Waals surface area contributed by atoms with Gasteiger partial charge < -0.3 is 105 Å². The van der Waals surface area contributed by atoms with Crippen molar-refractivity contribution in [3.05, 3.63) is 0 Å².